The van der Waals surface area contributed by atoms with Crippen LogP contribution in [0.4, 0.5) is 5.13 Å². The number of ether oxygens (including phenoxy) is 1. The lowest BCUT2D eigenvalue weighted by Crippen LogP contribution is -2.39. The summed E-state index contributed by atoms with van der Waals surface area (Å²) in [7, 11) is -2.08. The minimum absolute atomic E-state index is 0.143. The number of thiazole rings is 1. The molecule has 12 heteroatoms. The van der Waals surface area contributed by atoms with Crippen molar-refractivity contribution in [2.24, 2.45) is 5.92 Å². The van der Waals surface area contributed by atoms with Crippen LogP contribution in [0.15, 0.2) is 30.5 Å². The Labute approximate surface area is 214 Å². The highest BCUT2D eigenvalue weighted by molar-refractivity contribution is 7.87. The number of aromatic nitrogens is 2. The molecule has 1 amide bonds. The van der Waals surface area contributed by atoms with E-state index in [0.717, 1.165) is 4.88 Å². The third kappa shape index (κ3) is 5.39. The average Bonchev–Trinajstić information content (AvgIpc) is 3.41. The van der Waals surface area contributed by atoms with Crippen molar-refractivity contribution in [3.8, 4) is 22.9 Å². The Morgan fingerprint density at radius 3 is 2.72 bits per heavy atom. The fraction of sp³-hybridized carbons (Fsp3) is 0.333. The van der Waals surface area contributed by atoms with E-state index in [1.807, 2.05) is 20.8 Å². The van der Waals surface area contributed by atoms with E-state index < -0.39 is 16.1 Å². The molecule has 0 bridgehead atoms. The van der Waals surface area contributed by atoms with E-state index in [0.29, 0.717) is 51.1 Å². The van der Waals surface area contributed by atoms with Gasteiger partial charge in [-0.05, 0) is 37.1 Å². The highest BCUT2D eigenvalue weighted by Crippen LogP contribution is 2.35. The molecule has 1 aromatic carbocycles. The molecule has 0 radical (unpaired) electrons. The van der Waals surface area contributed by atoms with Crippen LogP contribution in [0.25, 0.3) is 11.1 Å². The molecule has 1 aliphatic heterocycles. The molecule has 0 atom stereocenters. The Kier molecular flexibility index (Phi) is 7.37. The number of nitrogens with zero attached hydrogens (tertiary/aromatic N) is 4. The SMILES string of the molecule is COc1ccc(C#N)cc1-c1cc(C)ncc1C(=O)Nc1nc2c(s1)CN(S(=O)(=O)NCC(C)C)C2. The number of benzene rings is 1. The van der Waals surface area contributed by atoms with Crippen molar-refractivity contribution in [3.05, 3.63) is 57.9 Å². The maximum atomic E-state index is 13.3. The lowest BCUT2D eigenvalue weighted by molar-refractivity contribution is 0.102. The van der Waals surface area contributed by atoms with E-state index in [-0.39, 0.29) is 19.0 Å². The Bertz CT molecular complexity index is 1440. The number of amides is 1. The number of hydrogen-bond donors (Lipinski definition) is 2. The minimum Gasteiger partial charge on any atom is -0.496 e. The van der Waals surface area contributed by atoms with Crippen LogP contribution >= 0.6 is 11.3 Å². The molecule has 1 aliphatic rings. The summed E-state index contributed by atoms with van der Waals surface area (Å²) in [6.07, 6.45) is 1.48. The Morgan fingerprint density at radius 2 is 2.06 bits per heavy atom. The highest BCUT2D eigenvalue weighted by Gasteiger charge is 2.32. The largest absolute Gasteiger partial charge is 0.496 e. The number of pyridine rings is 1. The summed E-state index contributed by atoms with van der Waals surface area (Å²) in [5.41, 5.74) is 3.23. The summed E-state index contributed by atoms with van der Waals surface area (Å²) in [5.74, 6) is 0.298. The van der Waals surface area contributed by atoms with E-state index in [1.165, 1.54) is 28.9 Å². The average molecular weight is 527 g/mol. The summed E-state index contributed by atoms with van der Waals surface area (Å²) in [6.45, 7) is 6.38. The minimum atomic E-state index is -3.60. The second-order valence-corrected chi connectivity index (χ2v) is 11.6. The predicted molar refractivity (Wildman–Crippen MR) is 137 cm³/mol. The van der Waals surface area contributed by atoms with E-state index in [9.17, 15) is 18.5 Å². The molecule has 0 spiro atoms. The lowest BCUT2D eigenvalue weighted by Gasteiger charge is -2.17. The maximum Gasteiger partial charge on any atom is 0.280 e. The fourth-order valence-corrected chi connectivity index (χ4v) is 6.10. The molecule has 0 aliphatic carbocycles. The van der Waals surface area contributed by atoms with E-state index in [2.05, 4.69) is 26.1 Å². The van der Waals surface area contributed by atoms with Crippen LogP contribution in [0.1, 0.15) is 46.0 Å². The monoisotopic (exact) mass is 526 g/mol. The number of carbonyl (C=O) groups is 1. The number of fused-ring (bicyclic) bond motifs is 1. The zero-order chi connectivity index (χ0) is 26.0. The molecule has 3 aromatic rings. The summed E-state index contributed by atoms with van der Waals surface area (Å²) in [4.78, 5) is 22.8. The van der Waals surface area contributed by atoms with Gasteiger partial charge in [0.2, 0.25) is 0 Å². The molecule has 0 saturated carbocycles. The number of hydrogen-bond acceptors (Lipinski definition) is 8. The number of nitrogens with one attached hydrogen (secondary N) is 2. The van der Waals surface area contributed by atoms with Crippen LogP contribution in [0.5, 0.6) is 5.75 Å². The van der Waals surface area contributed by atoms with Gasteiger partial charge in [0.1, 0.15) is 5.75 Å². The number of rotatable bonds is 8. The lowest BCUT2D eigenvalue weighted by atomic mass is 9.97. The first kappa shape index (κ1) is 25.7. The number of carbonyl (C=O) groups excluding carboxylic acids is 1. The van der Waals surface area contributed by atoms with Gasteiger partial charge in [-0.1, -0.05) is 25.2 Å². The first-order chi connectivity index (χ1) is 17.1. The first-order valence-corrected chi connectivity index (χ1v) is 13.5. The van der Waals surface area contributed by atoms with E-state index in [1.54, 1.807) is 24.3 Å². The van der Waals surface area contributed by atoms with Gasteiger partial charge in [0.05, 0.1) is 43.1 Å². The van der Waals surface area contributed by atoms with Crippen LogP contribution in [-0.2, 0) is 23.3 Å². The highest BCUT2D eigenvalue weighted by atomic mass is 32.2. The second kappa shape index (κ2) is 10.3. The number of aryl methyl sites for hydroxylation is 1. The molecule has 0 saturated heterocycles. The molecular weight excluding hydrogens is 500 g/mol. The molecule has 10 nitrogen and oxygen atoms in total. The summed E-state index contributed by atoms with van der Waals surface area (Å²) >= 11 is 1.24. The standard InChI is InChI=1S/C24H26N6O4S2/c1-14(2)10-27-36(32,33)30-12-20-22(13-30)35-24(28-20)29-23(31)19-11-26-15(3)7-17(19)18-8-16(9-25)5-6-21(18)34-4/h5-8,11,14,27H,10,12-13H2,1-4H3,(H,28,29,31). The van der Waals surface area contributed by atoms with Crippen molar-refractivity contribution < 1.29 is 17.9 Å². The molecule has 2 aromatic heterocycles. The first-order valence-electron chi connectivity index (χ1n) is 11.2. The van der Waals surface area contributed by atoms with Crippen LogP contribution in [0.3, 0.4) is 0 Å². The van der Waals surface area contributed by atoms with Crippen LogP contribution < -0.4 is 14.8 Å². The Morgan fingerprint density at radius 1 is 1.28 bits per heavy atom. The zero-order valence-electron chi connectivity index (χ0n) is 20.3. The molecule has 36 heavy (non-hydrogen) atoms. The van der Waals surface area contributed by atoms with Crippen molar-refractivity contribution in [1.29, 1.82) is 5.26 Å². The molecule has 4 rings (SSSR count). The van der Waals surface area contributed by atoms with Crippen molar-refractivity contribution in [2.45, 2.75) is 33.9 Å². The Hall–Kier alpha value is -3.37. The van der Waals surface area contributed by atoms with Crippen LogP contribution in [0, 0.1) is 24.2 Å². The smallest absolute Gasteiger partial charge is 0.280 e. The Balaban J connectivity index is 1.56. The zero-order valence-corrected chi connectivity index (χ0v) is 22.0. The van der Waals surface area contributed by atoms with Gasteiger partial charge >= 0.3 is 0 Å². The van der Waals surface area contributed by atoms with E-state index in [4.69, 9.17) is 4.74 Å². The maximum absolute atomic E-state index is 13.3. The van der Waals surface area contributed by atoms with Gasteiger partial charge < -0.3 is 4.74 Å². The van der Waals surface area contributed by atoms with Gasteiger partial charge in [-0.2, -0.15) is 18.0 Å². The normalized spacial score (nSPS) is 13.4. The van der Waals surface area contributed by atoms with Gasteiger partial charge in [0, 0.05) is 34.4 Å². The summed E-state index contributed by atoms with van der Waals surface area (Å²) in [6, 6.07) is 8.88. The van der Waals surface area contributed by atoms with Crippen molar-refractivity contribution in [1.82, 2.24) is 19.0 Å². The topological polar surface area (TPSA) is 137 Å². The quantitative estimate of drug-likeness (QED) is 0.459. The molecular formula is C24H26N6O4S2. The molecule has 0 fully saturated rings. The molecule has 2 N–H and O–H groups in total. The van der Waals surface area contributed by atoms with E-state index >= 15 is 0 Å². The van der Waals surface area contributed by atoms with Crippen LogP contribution in [-0.4, -0.2) is 42.3 Å². The number of nitriles is 1. The summed E-state index contributed by atoms with van der Waals surface area (Å²) in [5, 5.41) is 12.5. The third-order valence-electron chi connectivity index (χ3n) is 5.56. The molecule has 188 valence electrons. The molecule has 0 unspecified atom stereocenters. The fourth-order valence-electron chi connectivity index (χ4n) is 3.72. The van der Waals surface area contributed by atoms with Gasteiger partial charge in [0.15, 0.2) is 5.13 Å². The van der Waals surface area contributed by atoms with Crippen LogP contribution in [0.2, 0.25) is 0 Å². The van der Waals surface area contributed by atoms with Crippen molar-refractivity contribution in [2.75, 3.05) is 19.0 Å². The molecule has 3 heterocycles. The van der Waals surface area contributed by atoms with Gasteiger partial charge in [0.25, 0.3) is 16.1 Å². The summed E-state index contributed by atoms with van der Waals surface area (Å²) < 4.78 is 34.5. The van der Waals surface area contributed by atoms with Crippen molar-refractivity contribution >= 4 is 32.6 Å². The second-order valence-electron chi connectivity index (χ2n) is 8.76. The third-order valence-corrected chi connectivity index (χ3v) is 8.03. The predicted octanol–water partition coefficient (Wildman–Crippen LogP) is 3.45. The van der Waals surface area contributed by atoms with Gasteiger partial charge in [-0.25, -0.2) is 9.71 Å². The number of anilines is 1. The van der Waals surface area contributed by atoms with Gasteiger partial charge in [-0.3, -0.25) is 15.1 Å². The van der Waals surface area contributed by atoms with Crippen molar-refractivity contribution in [3.63, 3.8) is 0 Å². The van der Waals surface area contributed by atoms with Gasteiger partial charge in [-0.15, -0.1) is 0 Å². The number of methoxy groups -OCH3 is 1.